The first kappa shape index (κ1) is 21.6. The van der Waals surface area contributed by atoms with Crippen molar-refractivity contribution in [3.05, 3.63) is 64.9 Å². The second-order valence-corrected chi connectivity index (χ2v) is 9.65. The van der Waals surface area contributed by atoms with Gasteiger partial charge in [-0.25, -0.2) is 9.37 Å². The van der Waals surface area contributed by atoms with Crippen LogP contribution in [0, 0.1) is 12.7 Å². The van der Waals surface area contributed by atoms with Crippen molar-refractivity contribution >= 4 is 51.6 Å². The molecule has 168 valence electrons. The predicted octanol–water partition coefficient (Wildman–Crippen LogP) is 4.30. The maximum Gasteiger partial charge on any atom is 0.256 e. The zero-order valence-corrected chi connectivity index (χ0v) is 19.5. The Balaban J connectivity index is 1.52. The molecule has 4 heterocycles. The van der Waals surface area contributed by atoms with Crippen LogP contribution < -0.4 is 5.32 Å². The normalized spacial score (nSPS) is 15.8. The summed E-state index contributed by atoms with van der Waals surface area (Å²) in [5.74, 6) is -0.396. The first-order valence-corrected chi connectivity index (χ1v) is 12.3. The van der Waals surface area contributed by atoms with Crippen molar-refractivity contribution < 1.29 is 14.0 Å². The van der Waals surface area contributed by atoms with Crippen molar-refractivity contribution in [3.63, 3.8) is 0 Å². The van der Waals surface area contributed by atoms with Crippen LogP contribution in [0.2, 0.25) is 0 Å². The minimum absolute atomic E-state index is 0.0983. The number of fused-ring (bicyclic) bond motifs is 1. The van der Waals surface area contributed by atoms with E-state index in [1.54, 1.807) is 34.8 Å². The van der Waals surface area contributed by atoms with Gasteiger partial charge < -0.3 is 10.2 Å². The molecule has 3 aromatic heterocycles. The van der Waals surface area contributed by atoms with Gasteiger partial charge in [-0.1, -0.05) is 18.2 Å². The first-order valence-electron chi connectivity index (χ1n) is 10.3. The summed E-state index contributed by atoms with van der Waals surface area (Å²) >= 11 is 3.03. The number of pyridine rings is 1. The van der Waals surface area contributed by atoms with Gasteiger partial charge in [0.1, 0.15) is 11.9 Å². The van der Waals surface area contributed by atoms with Crippen LogP contribution in [0.25, 0.3) is 21.6 Å². The van der Waals surface area contributed by atoms with Crippen LogP contribution in [0.1, 0.15) is 16.1 Å². The number of halogens is 1. The number of hydrogen-bond donors (Lipinski definition) is 1. The van der Waals surface area contributed by atoms with Crippen LogP contribution in [0.5, 0.6) is 0 Å². The van der Waals surface area contributed by atoms with Gasteiger partial charge in [-0.05, 0) is 36.6 Å². The Morgan fingerprint density at radius 3 is 2.79 bits per heavy atom. The van der Waals surface area contributed by atoms with Gasteiger partial charge in [0.05, 0.1) is 38.8 Å². The highest BCUT2D eigenvalue weighted by atomic mass is 32.2. The standard InChI is InChI=1S/C23H20FN5O2S2/c1-13-20-14(10-17(19-8-5-9-33-19)25-21(20)28(2)27-13)23(31)29-12-32-11-18(29)22(30)26-16-7-4-3-6-15(16)24/h3-10,18H,11-12H2,1-2H3,(H,26,30). The number of anilines is 1. The van der Waals surface area contributed by atoms with E-state index in [0.717, 1.165) is 4.88 Å². The maximum atomic E-state index is 14.0. The van der Waals surface area contributed by atoms with Gasteiger partial charge in [0.2, 0.25) is 5.91 Å². The van der Waals surface area contributed by atoms with Gasteiger partial charge in [-0.2, -0.15) is 5.10 Å². The predicted molar refractivity (Wildman–Crippen MR) is 129 cm³/mol. The third kappa shape index (κ3) is 3.89. The van der Waals surface area contributed by atoms with Crippen molar-refractivity contribution in [2.45, 2.75) is 13.0 Å². The Hall–Kier alpha value is -3.24. The molecule has 0 bridgehead atoms. The van der Waals surface area contributed by atoms with E-state index in [9.17, 15) is 14.0 Å². The molecule has 0 radical (unpaired) electrons. The molecule has 1 aromatic carbocycles. The molecule has 1 aliphatic heterocycles. The molecule has 1 atom stereocenters. The Morgan fingerprint density at radius 1 is 1.21 bits per heavy atom. The second kappa shape index (κ2) is 8.60. The number of thiophene rings is 1. The number of carbonyl (C=O) groups is 2. The van der Waals surface area contributed by atoms with Crippen LogP contribution in [0.4, 0.5) is 10.1 Å². The number of hydrogen-bond acceptors (Lipinski definition) is 6. The van der Waals surface area contributed by atoms with E-state index in [-0.39, 0.29) is 11.6 Å². The van der Waals surface area contributed by atoms with E-state index in [1.807, 2.05) is 24.4 Å². The number of amides is 2. The molecule has 0 spiro atoms. The van der Waals surface area contributed by atoms with E-state index in [4.69, 9.17) is 4.98 Å². The summed E-state index contributed by atoms with van der Waals surface area (Å²) in [7, 11) is 1.80. The summed E-state index contributed by atoms with van der Waals surface area (Å²) in [6, 6.07) is 10.9. The summed E-state index contributed by atoms with van der Waals surface area (Å²) in [4.78, 5) is 34.0. The van der Waals surface area contributed by atoms with E-state index < -0.39 is 17.8 Å². The van der Waals surface area contributed by atoms with E-state index in [2.05, 4.69) is 10.4 Å². The van der Waals surface area contributed by atoms with Crippen LogP contribution >= 0.6 is 23.1 Å². The fourth-order valence-electron chi connectivity index (χ4n) is 3.96. The molecule has 33 heavy (non-hydrogen) atoms. The highest BCUT2D eigenvalue weighted by Gasteiger charge is 2.36. The number of nitrogens with zero attached hydrogens (tertiary/aromatic N) is 4. The van der Waals surface area contributed by atoms with Crippen molar-refractivity contribution in [1.82, 2.24) is 19.7 Å². The Kier molecular flexibility index (Phi) is 5.63. The summed E-state index contributed by atoms with van der Waals surface area (Å²) in [5, 5.41) is 9.72. The fourth-order valence-corrected chi connectivity index (χ4v) is 5.80. The molecular formula is C23H20FN5O2S2. The number of nitrogens with one attached hydrogen (secondary N) is 1. The summed E-state index contributed by atoms with van der Waals surface area (Å²) in [6.07, 6.45) is 0. The van der Waals surface area contributed by atoms with Gasteiger partial charge in [0.25, 0.3) is 5.91 Å². The average Bonchev–Trinajstić information content (AvgIpc) is 3.55. The monoisotopic (exact) mass is 481 g/mol. The van der Waals surface area contributed by atoms with Crippen LogP contribution in [0.15, 0.2) is 47.8 Å². The third-order valence-corrected chi connectivity index (χ3v) is 7.45. The summed E-state index contributed by atoms with van der Waals surface area (Å²) in [6.45, 7) is 1.84. The number of para-hydroxylation sites is 1. The molecule has 10 heteroatoms. The molecule has 1 saturated heterocycles. The largest absolute Gasteiger partial charge is 0.322 e. The first-order chi connectivity index (χ1) is 15.9. The molecule has 5 rings (SSSR count). The van der Waals surface area contributed by atoms with Gasteiger partial charge in [-0.3, -0.25) is 14.3 Å². The number of aromatic nitrogens is 3. The molecule has 1 fully saturated rings. The molecule has 7 nitrogen and oxygen atoms in total. The topological polar surface area (TPSA) is 80.1 Å². The minimum atomic E-state index is -0.715. The zero-order valence-electron chi connectivity index (χ0n) is 17.9. The summed E-state index contributed by atoms with van der Waals surface area (Å²) in [5.41, 5.74) is 2.55. The SMILES string of the molecule is Cc1nn(C)c2nc(-c3cccs3)cc(C(=O)N3CSCC3C(=O)Nc3ccccc3F)c12. The highest BCUT2D eigenvalue weighted by molar-refractivity contribution is 7.99. The molecule has 2 amide bonds. The maximum absolute atomic E-state index is 14.0. The molecular weight excluding hydrogens is 461 g/mol. The second-order valence-electron chi connectivity index (χ2n) is 7.70. The lowest BCUT2D eigenvalue weighted by Crippen LogP contribution is -2.44. The number of benzene rings is 1. The van der Waals surface area contributed by atoms with Gasteiger partial charge in [0.15, 0.2) is 5.65 Å². The van der Waals surface area contributed by atoms with Crippen molar-refractivity contribution in [2.75, 3.05) is 16.9 Å². The Labute approximate surface area is 197 Å². The number of aryl methyl sites for hydroxylation is 2. The quantitative estimate of drug-likeness (QED) is 0.470. The Morgan fingerprint density at radius 2 is 2.03 bits per heavy atom. The van der Waals surface area contributed by atoms with Crippen molar-refractivity contribution in [3.8, 4) is 10.6 Å². The lowest BCUT2D eigenvalue weighted by Gasteiger charge is -2.24. The number of carbonyl (C=O) groups excluding carboxylic acids is 2. The van der Waals surface area contributed by atoms with Crippen LogP contribution in [-0.2, 0) is 11.8 Å². The molecule has 0 aliphatic carbocycles. The molecule has 1 aliphatic rings. The number of thioether (sulfide) groups is 1. The van der Waals surface area contributed by atoms with Crippen molar-refractivity contribution in [2.24, 2.45) is 7.05 Å². The fraction of sp³-hybridized carbons (Fsp3) is 0.217. The smallest absolute Gasteiger partial charge is 0.256 e. The molecule has 4 aromatic rings. The average molecular weight is 482 g/mol. The van der Waals surface area contributed by atoms with E-state index in [0.29, 0.717) is 39.6 Å². The zero-order chi connectivity index (χ0) is 23.1. The van der Waals surface area contributed by atoms with Crippen LogP contribution in [-0.4, -0.2) is 49.2 Å². The molecule has 0 saturated carbocycles. The molecule has 1 N–H and O–H groups in total. The lowest BCUT2D eigenvalue weighted by molar-refractivity contribution is -0.119. The van der Waals surface area contributed by atoms with Gasteiger partial charge in [-0.15, -0.1) is 23.1 Å². The van der Waals surface area contributed by atoms with Gasteiger partial charge in [0, 0.05) is 12.8 Å². The number of rotatable bonds is 4. The summed E-state index contributed by atoms with van der Waals surface area (Å²) < 4.78 is 15.7. The van der Waals surface area contributed by atoms with Crippen molar-refractivity contribution in [1.29, 1.82) is 0 Å². The van der Waals surface area contributed by atoms with Crippen LogP contribution in [0.3, 0.4) is 0 Å². The minimum Gasteiger partial charge on any atom is -0.322 e. The lowest BCUT2D eigenvalue weighted by atomic mass is 10.1. The van der Waals surface area contributed by atoms with Gasteiger partial charge >= 0.3 is 0 Å². The Bertz CT molecular complexity index is 1370. The van der Waals surface area contributed by atoms with E-state index >= 15 is 0 Å². The third-order valence-electron chi connectivity index (χ3n) is 5.55. The highest BCUT2D eigenvalue weighted by Crippen LogP contribution is 2.32. The van der Waals surface area contributed by atoms with E-state index in [1.165, 1.54) is 35.2 Å². The molecule has 1 unspecified atom stereocenters.